The van der Waals surface area contributed by atoms with Gasteiger partial charge in [0.05, 0.1) is 0 Å². The Morgan fingerprint density at radius 3 is 2.79 bits per heavy atom. The summed E-state index contributed by atoms with van der Waals surface area (Å²) < 4.78 is 0. The van der Waals surface area contributed by atoms with Gasteiger partial charge in [-0.2, -0.15) is 0 Å². The molecule has 2 aliphatic rings. The number of alkyl halides is 1. The number of halogens is 2. The van der Waals surface area contributed by atoms with Crippen molar-refractivity contribution >= 4 is 33.2 Å². The number of hydrogen-bond donors (Lipinski definition) is 0. The van der Waals surface area contributed by atoms with Crippen LogP contribution in [0.15, 0.2) is 18.2 Å². The molecule has 0 radical (unpaired) electrons. The smallest absolute Gasteiger partial charge is 0.0410 e. The SMILES string of the molecule is CN(CC1CC2CCC1C2)c1ccc(Cl)cc1CBr. The van der Waals surface area contributed by atoms with Crippen molar-refractivity contribution in [2.24, 2.45) is 17.8 Å². The van der Waals surface area contributed by atoms with Crippen molar-refractivity contribution in [3.8, 4) is 0 Å². The summed E-state index contributed by atoms with van der Waals surface area (Å²) in [5.41, 5.74) is 2.61. The highest BCUT2D eigenvalue weighted by Crippen LogP contribution is 2.48. The Labute approximate surface area is 129 Å². The maximum atomic E-state index is 6.08. The second kappa shape index (κ2) is 5.65. The van der Waals surface area contributed by atoms with Crippen LogP contribution in [0.3, 0.4) is 0 Å². The second-order valence-corrected chi connectivity index (χ2v) is 7.22. The normalized spacial score (nSPS) is 28.9. The maximum absolute atomic E-state index is 6.08. The third-order valence-corrected chi connectivity index (χ3v) is 5.83. The molecular formula is C16H21BrClN. The first-order valence-electron chi connectivity index (χ1n) is 7.23. The summed E-state index contributed by atoms with van der Waals surface area (Å²) in [5, 5.41) is 1.69. The molecule has 2 fully saturated rings. The monoisotopic (exact) mass is 341 g/mol. The topological polar surface area (TPSA) is 3.24 Å². The fourth-order valence-corrected chi connectivity index (χ4v) is 4.73. The van der Waals surface area contributed by atoms with Crippen molar-refractivity contribution in [2.45, 2.75) is 31.0 Å². The van der Waals surface area contributed by atoms with Crippen LogP contribution in [0.1, 0.15) is 31.2 Å². The van der Waals surface area contributed by atoms with E-state index in [4.69, 9.17) is 11.6 Å². The summed E-state index contributed by atoms with van der Waals surface area (Å²) in [7, 11) is 2.22. The van der Waals surface area contributed by atoms with Crippen LogP contribution < -0.4 is 4.90 Å². The van der Waals surface area contributed by atoms with Crippen LogP contribution in [0.2, 0.25) is 5.02 Å². The summed E-state index contributed by atoms with van der Waals surface area (Å²) in [6, 6.07) is 6.23. The van der Waals surface area contributed by atoms with Crippen LogP contribution in [0.5, 0.6) is 0 Å². The molecule has 1 nitrogen and oxygen atoms in total. The maximum Gasteiger partial charge on any atom is 0.0410 e. The second-order valence-electron chi connectivity index (χ2n) is 6.22. The molecule has 3 heteroatoms. The Morgan fingerprint density at radius 2 is 2.16 bits per heavy atom. The van der Waals surface area contributed by atoms with Crippen LogP contribution in [-0.4, -0.2) is 13.6 Å². The van der Waals surface area contributed by atoms with Crippen LogP contribution in [-0.2, 0) is 5.33 Å². The Bertz CT molecular complexity index is 462. The van der Waals surface area contributed by atoms with Gasteiger partial charge in [0.25, 0.3) is 0 Å². The molecule has 19 heavy (non-hydrogen) atoms. The first-order chi connectivity index (χ1) is 9.17. The molecule has 2 saturated carbocycles. The van der Waals surface area contributed by atoms with Crippen LogP contribution in [0.4, 0.5) is 5.69 Å². The van der Waals surface area contributed by atoms with Gasteiger partial charge in [-0.3, -0.25) is 0 Å². The molecule has 0 spiro atoms. The molecule has 0 saturated heterocycles. The largest absolute Gasteiger partial charge is 0.374 e. The van der Waals surface area contributed by atoms with Gasteiger partial charge in [0.1, 0.15) is 0 Å². The van der Waals surface area contributed by atoms with Crippen LogP contribution >= 0.6 is 27.5 Å². The van der Waals surface area contributed by atoms with E-state index in [-0.39, 0.29) is 0 Å². The lowest BCUT2D eigenvalue weighted by atomic mass is 9.88. The minimum atomic E-state index is 0.825. The molecular weight excluding hydrogens is 322 g/mol. The Kier molecular flexibility index (Phi) is 4.09. The summed E-state index contributed by atoms with van der Waals surface area (Å²) in [4.78, 5) is 2.43. The number of hydrogen-bond acceptors (Lipinski definition) is 1. The van der Waals surface area contributed by atoms with E-state index >= 15 is 0 Å². The van der Waals surface area contributed by atoms with Crippen LogP contribution in [0.25, 0.3) is 0 Å². The van der Waals surface area contributed by atoms with E-state index in [1.165, 1.54) is 43.5 Å². The van der Waals surface area contributed by atoms with E-state index in [9.17, 15) is 0 Å². The first-order valence-corrected chi connectivity index (χ1v) is 8.73. The van der Waals surface area contributed by atoms with Gasteiger partial charge >= 0.3 is 0 Å². The van der Waals surface area contributed by atoms with E-state index < -0.39 is 0 Å². The zero-order chi connectivity index (χ0) is 13.4. The van der Waals surface area contributed by atoms with Gasteiger partial charge in [0, 0.05) is 29.6 Å². The van der Waals surface area contributed by atoms with Crippen LogP contribution in [0, 0.1) is 17.8 Å². The molecule has 104 valence electrons. The quantitative estimate of drug-likeness (QED) is 0.687. The number of anilines is 1. The zero-order valence-corrected chi connectivity index (χ0v) is 13.8. The third kappa shape index (κ3) is 2.80. The predicted octanol–water partition coefficient (Wildman–Crippen LogP) is 5.11. The molecule has 3 atom stereocenters. The first kappa shape index (κ1) is 13.8. The van der Waals surface area contributed by atoms with E-state index in [0.717, 1.165) is 28.1 Å². The Hall–Kier alpha value is -0.210. The van der Waals surface area contributed by atoms with Gasteiger partial charge in [0.15, 0.2) is 0 Å². The number of rotatable bonds is 4. The molecule has 0 aromatic heterocycles. The average molecular weight is 343 g/mol. The minimum Gasteiger partial charge on any atom is -0.374 e. The van der Waals surface area contributed by atoms with Crippen molar-refractivity contribution < 1.29 is 0 Å². The van der Waals surface area contributed by atoms with E-state index in [1.54, 1.807) is 0 Å². The molecule has 1 aromatic rings. The lowest BCUT2D eigenvalue weighted by molar-refractivity contribution is 0.337. The minimum absolute atomic E-state index is 0.825. The summed E-state index contributed by atoms with van der Waals surface area (Å²) in [5.74, 6) is 2.93. The fraction of sp³-hybridized carbons (Fsp3) is 0.625. The molecule has 0 N–H and O–H groups in total. The Morgan fingerprint density at radius 1 is 1.32 bits per heavy atom. The van der Waals surface area contributed by atoms with Crippen molar-refractivity contribution in [3.05, 3.63) is 28.8 Å². The summed E-state index contributed by atoms with van der Waals surface area (Å²) >= 11 is 9.65. The molecule has 0 heterocycles. The highest BCUT2D eigenvalue weighted by Gasteiger charge is 2.39. The Balaban J connectivity index is 1.71. The standard InChI is InChI=1S/C16H21BrClN/c1-19(10-14-7-11-2-3-12(14)6-11)16-5-4-15(18)8-13(16)9-17/h4-5,8,11-12,14H,2-3,6-7,9-10H2,1H3. The van der Waals surface area contributed by atoms with E-state index in [0.29, 0.717) is 0 Å². The van der Waals surface area contributed by atoms with E-state index in [1.807, 2.05) is 6.07 Å². The lowest BCUT2D eigenvalue weighted by Gasteiger charge is -2.29. The van der Waals surface area contributed by atoms with Crippen molar-refractivity contribution in [3.63, 3.8) is 0 Å². The third-order valence-electron chi connectivity index (χ3n) is 4.99. The van der Waals surface area contributed by atoms with Crippen molar-refractivity contribution in [1.82, 2.24) is 0 Å². The van der Waals surface area contributed by atoms with Gasteiger partial charge in [-0.05, 0) is 60.8 Å². The van der Waals surface area contributed by atoms with Crippen molar-refractivity contribution in [1.29, 1.82) is 0 Å². The summed E-state index contributed by atoms with van der Waals surface area (Å²) in [6.07, 6.45) is 5.89. The molecule has 0 aliphatic heterocycles. The summed E-state index contributed by atoms with van der Waals surface area (Å²) in [6.45, 7) is 1.20. The zero-order valence-electron chi connectivity index (χ0n) is 11.4. The van der Waals surface area contributed by atoms with Gasteiger partial charge in [-0.25, -0.2) is 0 Å². The molecule has 3 rings (SSSR count). The predicted molar refractivity (Wildman–Crippen MR) is 86.3 cm³/mol. The van der Waals surface area contributed by atoms with Gasteiger partial charge in [-0.1, -0.05) is 34.0 Å². The fourth-order valence-electron chi connectivity index (χ4n) is 4.08. The number of nitrogens with zero attached hydrogens (tertiary/aromatic N) is 1. The molecule has 1 aromatic carbocycles. The van der Waals surface area contributed by atoms with Gasteiger partial charge < -0.3 is 4.90 Å². The van der Waals surface area contributed by atoms with Crippen molar-refractivity contribution in [2.75, 3.05) is 18.5 Å². The highest BCUT2D eigenvalue weighted by atomic mass is 79.9. The molecule has 2 aliphatic carbocycles. The molecule has 3 unspecified atom stereocenters. The number of benzene rings is 1. The lowest BCUT2D eigenvalue weighted by Crippen LogP contribution is -2.29. The average Bonchev–Trinajstić information content (AvgIpc) is 3.00. The molecule has 0 amide bonds. The van der Waals surface area contributed by atoms with E-state index in [2.05, 4.69) is 40.0 Å². The van der Waals surface area contributed by atoms with Gasteiger partial charge in [0.2, 0.25) is 0 Å². The molecule has 2 bridgehead atoms. The highest BCUT2D eigenvalue weighted by molar-refractivity contribution is 9.08. The number of fused-ring (bicyclic) bond motifs is 2. The van der Waals surface area contributed by atoms with Gasteiger partial charge in [-0.15, -0.1) is 0 Å².